The molecule has 0 atom stereocenters. The summed E-state index contributed by atoms with van der Waals surface area (Å²) in [5.74, 6) is 1.18. The van der Waals surface area contributed by atoms with E-state index in [0.717, 1.165) is 65.0 Å². The molecule has 2 amide bonds. The molecule has 0 aliphatic heterocycles. The van der Waals surface area contributed by atoms with E-state index in [0.29, 0.717) is 0 Å². The third-order valence-electron chi connectivity index (χ3n) is 5.85. The molecule has 0 saturated heterocycles. The molecule has 0 unspecified atom stereocenters. The third-order valence-corrected chi connectivity index (χ3v) is 7.68. The molecule has 33 heavy (non-hydrogen) atoms. The van der Waals surface area contributed by atoms with Gasteiger partial charge in [0.25, 0.3) is 0 Å². The SMILES string of the molecule is CCn1c(SCC(=O)Nc2ccc(NC(=O)C3CCCCC3)cc2C)nnc1-c1cccs1. The molecule has 7 nitrogen and oxygen atoms in total. The fraction of sp³-hybridized carbons (Fsp3) is 0.417. The summed E-state index contributed by atoms with van der Waals surface area (Å²) in [6.07, 6.45) is 5.42. The fourth-order valence-electron chi connectivity index (χ4n) is 4.08. The van der Waals surface area contributed by atoms with E-state index in [9.17, 15) is 9.59 Å². The third kappa shape index (κ3) is 5.83. The van der Waals surface area contributed by atoms with Crippen LogP contribution in [0.4, 0.5) is 11.4 Å². The molecule has 2 aromatic heterocycles. The Morgan fingerprint density at radius 3 is 2.67 bits per heavy atom. The summed E-state index contributed by atoms with van der Waals surface area (Å²) in [5.41, 5.74) is 2.42. The van der Waals surface area contributed by atoms with Gasteiger partial charge in [0.15, 0.2) is 11.0 Å². The Balaban J connectivity index is 1.33. The summed E-state index contributed by atoms with van der Waals surface area (Å²) in [6, 6.07) is 9.61. The van der Waals surface area contributed by atoms with Gasteiger partial charge < -0.3 is 15.2 Å². The number of thiophene rings is 1. The number of aryl methyl sites for hydroxylation is 1. The zero-order chi connectivity index (χ0) is 23.2. The zero-order valence-electron chi connectivity index (χ0n) is 19.0. The number of rotatable bonds is 8. The Bertz CT molecular complexity index is 1100. The van der Waals surface area contributed by atoms with Gasteiger partial charge in [-0.3, -0.25) is 9.59 Å². The Morgan fingerprint density at radius 2 is 1.97 bits per heavy atom. The normalized spacial score (nSPS) is 14.2. The van der Waals surface area contributed by atoms with E-state index >= 15 is 0 Å². The second kappa shape index (κ2) is 11.0. The summed E-state index contributed by atoms with van der Waals surface area (Å²) < 4.78 is 2.03. The Labute approximate surface area is 202 Å². The molecular formula is C24H29N5O2S2. The van der Waals surface area contributed by atoms with Crippen molar-refractivity contribution in [1.82, 2.24) is 14.8 Å². The molecule has 174 valence electrons. The first-order valence-corrected chi connectivity index (χ1v) is 13.2. The van der Waals surface area contributed by atoms with Gasteiger partial charge in [-0.1, -0.05) is 37.1 Å². The van der Waals surface area contributed by atoms with Crippen LogP contribution < -0.4 is 10.6 Å². The van der Waals surface area contributed by atoms with E-state index in [1.165, 1.54) is 18.2 Å². The number of thioether (sulfide) groups is 1. The van der Waals surface area contributed by atoms with E-state index in [4.69, 9.17) is 0 Å². The Morgan fingerprint density at radius 1 is 1.15 bits per heavy atom. The van der Waals surface area contributed by atoms with Crippen LogP contribution >= 0.6 is 23.1 Å². The molecule has 9 heteroatoms. The van der Waals surface area contributed by atoms with Crippen LogP contribution in [0.5, 0.6) is 0 Å². The van der Waals surface area contributed by atoms with E-state index in [2.05, 4.69) is 20.8 Å². The lowest BCUT2D eigenvalue weighted by atomic mass is 9.88. The molecule has 2 heterocycles. The largest absolute Gasteiger partial charge is 0.326 e. The molecule has 0 bridgehead atoms. The van der Waals surface area contributed by atoms with Gasteiger partial charge in [0.1, 0.15) is 0 Å². The smallest absolute Gasteiger partial charge is 0.234 e. The number of hydrogen-bond donors (Lipinski definition) is 2. The maximum Gasteiger partial charge on any atom is 0.234 e. The number of carbonyl (C=O) groups excluding carboxylic acids is 2. The minimum atomic E-state index is -0.106. The van der Waals surface area contributed by atoms with Crippen LogP contribution in [0.15, 0.2) is 40.9 Å². The first-order valence-electron chi connectivity index (χ1n) is 11.4. The predicted octanol–water partition coefficient (Wildman–Crippen LogP) is 5.58. The van der Waals surface area contributed by atoms with Crippen LogP contribution in [0.3, 0.4) is 0 Å². The summed E-state index contributed by atoms with van der Waals surface area (Å²) in [7, 11) is 0. The Hall–Kier alpha value is -2.65. The first kappa shape index (κ1) is 23.5. The van der Waals surface area contributed by atoms with E-state index < -0.39 is 0 Å². The number of aromatic nitrogens is 3. The van der Waals surface area contributed by atoms with Crippen molar-refractivity contribution in [3.05, 3.63) is 41.3 Å². The lowest BCUT2D eigenvalue weighted by Gasteiger charge is -2.21. The molecule has 0 radical (unpaired) electrons. The van der Waals surface area contributed by atoms with Gasteiger partial charge in [-0.2, -0.15) is 0 Å². The quantitative estimate of drug-likeness (QED) is 0.408. The average molecular weight is 484 g/mol. The molecule has 1 aliphatic carbocycles. The van der Waals surface area contributed by atoms with Crippen molar-refractivity contribution >= 4 is 46.3 Å². The van der Waals surface area contributed by atoms with Gasteiger partial charge in [-0.05, 0) is 61.9 Å². The highest BCUT2D eigenvalue weighted by Crippen LogP contribution is 2.28. The highest BCUT2D eigenvalue weighted by Gasteiger charge is 2.21. The van der Waals surface area contributed by atoms with Crippen molar-refractivity contribution in [2.75, 3.05) is 16.4 Å². The average Bonchev–Trinajstić information content (AvgIpc) is 3.49. The maximum atomic E-state index is 12.6. The molecule has 1 aliphatic rings. The first-order chi connectivity index (χ1) is 16.0. The molecule has 3 aromatic rings. The summed E-state index contributed by atoms with van der Waals surface area (Å²) in [6.45, 7) is 4.71. The minimum Gasteiger partial charge on any atom is -0.326 e. The molecule has 1 fully saturated rings. The number of nitrogens with zero attached hydrogens (tertiary/aromatic N) is 3. The second-order valence-electron chi connectivity index (χ2n) is 8.22. The lowest BCUT2D eigenvalue weighted by Crippen LogP contribution is -2.24. The molecular weight excluding hydrogens is 454 g/mol. The number of carbonyl (C=O) groups is 2. The van der Waals surface area contributed by atoms with Crippen molar-refractivity contribution in [2.45, 2.75) is 57.7 Å². The lowest BCUT2D eigenvalue weighted by molar-refractivity contribution is -0.120. The molecule has 1 aromatic carbocycles. The van der Waals surface area contributed by atoms with Crippen LogP contribution in [-0.2, 0) is 16.1 Å². The van der Waals surface area contributed by atoms with E-state index in [-0.39, 0.29) is 23.5 Å². The number of amides is 2. The number of benzene rings is 1. The van der Waals surface area contributed by atoms with Crippen LogP contribution in [-0.4, -0.2) is 32.3 Å². The highest BCUT2D eigenvalue weighted by molar-refractivity contribution is 7.99. The monoisotopic (exact) mass is 483 g/mol. The summed E-state index contributed by atoms with van der Waals surface area (Å²) in [4.78, 5) is 26.1. The van der Waals surface area contributed by atoms with Crippen LogP contribution in [0.25, 0.3) is 10.7 Å². The van der Waals surface area contributed by atoms with Crippen LogP contribution in [0.1, 0.15) is 44.6 Å². The molecule has 2 N–H and O–H groups in total. The van der Waals surface area contributed by atoms with Crippen molar-refractivity contribution in [2.24, 2.45) is 5.92 Å². The summed E-state index contributed by atoms with van der Waals surface area (Å²) >= 11 is 3.00. The van der Waals surface area contributed by atoms with Gasteiger partial charge >= 0.3 is 0 Å². The standard InChI is InChI=1S/C24H29N5O2S2/c1-3-29-22(20-10-7-13-32-20)27-28-24(29)33-15-21(30)26-19-12-11-18(14-16(19)2)25-23(31)17-8-5-4-6-9-17/h7,10-14,17H,3-6,8-9,15H2,1-2H3,(H,25,31)(H,26,30). The van der Waals surface area contributed by atoms with Crippen molar-refractivity contribution in [1.29, 1.82) is 0 Å². The fourth-order valence-corrected chi connectivity index (χ4v) is 5.60. The van der Waals surface area contributed by atoms with Gasteiger partial charge in [-0.15, -0.1) is 21.5 Å². The van der Waals surface area contributed by atoms with Gasteiger partial charge in [0.2, 0.25) is 11.8 Å². The van der Waals surface area contributed by atoms with E-state index in [1.807, 2.05) is 54.1 Å². The topological polar surface area (TPSA) is 88.9 Å². The minimum absolute atomic E-state index is 0.101. The van der Waals surface area contributed by atoms with Crippen molar-refractivity contribution in [3.8, 4) is 10.7 Å². The predicted molar refractivity (Wildman–Crippen MR) is 135 cm³/mol. The second-order valence-corrected chi connectivity index (χ2v) is 10.1. The van der Waals surface area contributed by atoms with Gasteiger partial charge in [-0.25, -0.2) is 0 Å². The molecule has 1 saturated carbocycles. The van der Waals surface area contributed by atoms with E-state index in [1.54, 1.807) is 11.3 Å². The van der Waals surface area contributed by atoms with Crippen LogP contribution in [0, 0.1) is 12.8 Å². The van der Waals surface area contributed by atoms with Gasteiger partial charge in [0.05, 0.1) is 10.6 Å². The Kier molecular flexibility index (Phi) is 7.82. The van der Waals surface area contributed by atoms with Gasteiger partial charge in [0, 0.05) is 23.8 Å². The molecule has 0 spiro atoms. The number of hydrogen-bond acceptors (Lipinski definition) is 6. The number of nitrogens with one attached hydrogen (secondary N) is 2. The zero-order valence-corrected chi connectivity index (χ0v) is 20.6. The summed E-state index contributed by atoms with van der Waals surface area (Å²) in [5, 5.41) is 17.3. The number of anilines is 2. The molecule has 4 rings (SSSR count). The van der Waals surface area contributed by atoms with Crippen LogP contribution in [0.2, 0.25) is 0 Å². The highest BCUT2D eigenvalue weighted by atomic mass is 32.2. The maximum absolute atomic E-state index is 12.6. The van der Waals surface area contributed by atoms with Crippen molar-refractivity contribution in [3.63, 3.8) is 0 Å². The van der Waals surface area contributed by atoms with Crippen molar-refractivity contribution < 1.29 is 9.59 Å².